The molecule has 1 aliphatic heterocycles. The lowest BCUT2D eigenvalue weighted by molar-refractivity contribution is -0.146. The summed E-state index contributed by atoms with van der Waals surface area (Å²) in [5.74, 6) is -0.549. The highest BCUT2D eigenvalue weighted by Gasteiger charge is 2.33. The van der Waals surface area contributed by atoms with Gasteiger partial charge in [-0.2, -0.15) is 0 Å². The van der Waals surface area contributed by atoms with Crippen LogP contribution >= 0.6 is 0 Å². The molecule has 2 aromatic rings. The normalized spacial score (nSPS) is 19.4. The van der Waals surface area contributed by atoms with Gasteiger partial charge >= 0.3 is 11.9 Å². The van der Waals surface area contributed by atoms with E-state index in [1.54, 1.807) is 31.2 Å². The van der Waals surface area contributed by atoms with E-state index in [0.29, 0.717) is 11.3 Å². The van der Waals surface area contributed by atoms with E-state index in [2.05, 4.69) is 0 Å². The molecule has 6 nitrogen and oxygen atoms in total. The van der Waals surface area contributed by atoms with Crippen LogP contribution in [0.4, 0.5) is 0 Å². The maximum Gasteiger partial charge on any atom is 0.338 e. The molecule has 0 saturated carbocycles. The second-order valence-electron chi connectivity index (χ2n) is 8.12. The first kappa shape index (κ1) is 22.5. The fourth-order valence-electron chi connectivity index (χ4n) is 4.02. The average molecular weight is 424 g/mol. The fraction of sp³-hybridized carbons (Fsp3) is 0.400. The van der Waals surface area contributed by atoms with Crippen molar-refractivity contribution in [1.29, 1.82) is 0 Å². The summed E-state index contributed by atoms with van der Waals surface area (Å²) in [6.07, 6.45) is 2.23. The summed E-state index contributed by atoms with van der Waals surface area (Å²) < 4.78 is 10.5. The topological polar surface area (TPSA) is 72.9 Å². The van der Waals surface area contributed by atoms with E-state index in [0.717, 1.165) is 30.4 Å². The molecule has 2 aromatic carbocycles. The van der Waals surface area contributed by atoms with Crippen LogP contribution in [0.25, 0.3) is 11.1 Å². The van der Waals surface area contributed by atoms with Gasteiger partial charge in [0.25, 0.3) is 5.91 Å². The number of rotatable bonds is 5. The Bertz CT molecular complexity index is 925. The fourth-order valence-corrected chi connectivity index (χ4v) is 4.02. The molecule has 1 amide bonds. The Balaban J connectivity index is 1.63. The third-order valence-electron chi connectivity index (χ3n) is 5.65. The highest BCUT2D eigenvalue weighted by molar-refractivity contribution is 5.92. The van der Waals surface area contributed by atoms with Crippen molar-refractivity contribution < 1.29 is 23.9 Å². The quantitative estimate of drug-likeness (QED) is 0.519. The molecule has 1 aliphatic rings. The Morgan fingerprint density at radius 1 is 0.903 bits per heavy atom. The summed E-state index contributed by atoms with van der Waals surface area (Å²) in [4.78, 5) is 38.3. The van der Waals surface area contributed by atoms with Gasteiger partial charge in [-0.15, -0.1) is 0 Å². The minimum Gasteiger partial charge on any atom is -0.449 e. The van der Waals surface area contributed by atoms with Crippen LogP contribution in [0.5, 0.6) is 5.75 Å². The molecule has 1 heterocycles. The van der Waals surface area contributed by atoms with Crippen LogP contribution in [0.2, 0.25) is 0 Å². The minimum absolute atomic E-state index is 0.141. The van der Waals surface area contributed by atoms with Crippen molar-refractivity contribution >= 4 is 17.8 Å². The standard InChI is InChI=1S/C25H29NO5/c1-16-6-5-7-17(2)26(16)24(28)18(3)30-25(29)22-10-8-20(9-11-22)21-12-14-23(15-13-21)31-19(4)27/h8-18H,5-7H2,1-4H3/t16-,17+,18-/m1/s1. The van der Waals surface area contributed by atoms with Crippen LogP contribution < -0.4 is 4.74 Å². The number of carbonyl (C=O) groups is 3. The lowest BCUT2D eigenvalue weighted by Gasteiger charge is -2.40. The Morgan fingerprint density at radius 3 is 1.94 bits per heavy atom. The van der Waals surface area contributed by atoms with Crippen LogP contribution in [-0.4, -0.2) is 40.9 Å². The smallest absolute Gasteiger partial charge is 0.338 e. The maximum absolute atomic E-state index is 12.8. The molecule has 0 aromatic heterocycles. The number of piperidine rings is 1. The summed E-state index contributed by atoms with van der Waals surface area (Å²) in [5, 5.41) is 0. The molecule has 3 rings (SSSR count). The van der Waals surface area contributed by atoms with E-state index in [4.69, 9.17) is 9.47 Å². The maximum atomic E-state index is 12.8. The van der Waals surface area contributed by atoms with Crippen molar-refractivity contribution in [2.45, 2.75) is 65.1 Å². The Hall–Kier alpha value is -3.15. The van der Waals surface area contributed by atoms with Gasteiger partial charge in [0.15, 0.2) is 6.10 Å². The van der Waals surface area contributed by atoms with Crippen molar-refractivity contribution in [3.8, 4) is 16.9 Å². The molecule has 1 fully saturated rings. The van der Waals surface area contributed by atoms with E-state index < -0.39 is 12.1 Å². The summed E-state index contributed by atoms with van der Waals surface area (Å²) in [7, 11) is 0. The van der Waals surface area contributed by atoms with Gasteiger partial charge in [-0.3, -0.25) is 9.59 Å². The van der Waals surface area contributed by atoms with Gasteiger partial charge in [0.05, 0.1) is 5.56 Å². The molecule has 3 atom stereocenters. The first-order chi connectivity index (χ1) is 14.8. The van der Waals surface area contributed by atoms with Gasteiger partial charge < -0.3 is 14.4 Å². The molecule has 0 bridgehead atoms. The largest absolute Gasteiger partial charge is 0.449 e. The zero-order valence-corrected chi connectivity index (χ0v) is 18.5. The van der Waals surface area contributed by atoms with Crippen LogP contribution in [-0.2, 0) is 14.3 Å². The summed E-state index contributed by atoms with van der Waals surface area (Å²) in [6, 6.07) is 14.4. The third-order valence-corrected chi connectivity index (χ3v) is 5.65. The molecule has 0 N–H and O–H groups in total. The third kappa shape index (κ3) is 5.51. The molecule has 1 saturated heterocycles. The first-order valence-electron chi connectivity index (χ1n) is 10.7. The van der Waals surface area contributed by atoms with Gasteiger partial charge in [0, 0.05) is 19.0 Å². The molecule has 6 heteroatoms. The summed E-state index contributed by atoms with van der Waals surface area (Å²) >= 11 is 0. The van der Waals surface area contributed by atoms with Crippen LogP contribution in [0, 0.1) is 0 Å². The molecule has 0 radical (unpaired) electrons. The molecule has 31 heavy (non-hydrogen) atoms. The summed E-state index contributed by atoms with van der Waals surface area (Å²) in [5.41, 5.74) is 2.22. The number of hydrogen-bond donors (Lipinski definition) is 0. The van der Waals surface area contributed by atoms with Gasteiger partial charge in [0.2, 0.25) is 0 Å². The average Bonchev–Trinajstić information content (AvgIpc) is 2.73. The molecular weight excluding hydrogens is 394 g/mol. The number of nitrogens with zero attached hydrogens (tertiary/aromatic N) is 1. The second-order valence-corrected chi connectivity index (χ2v) is 8.12. The Morgan fingerprint density at radius 2 is 1.42 bits per heavy atom. The predicted octanol–water partition coefficient (Wildman–Crippen LogP) is 4.61. The van der Waals surface area contributed by atoms with Crippen molar-refractivity contribution in [2.24, 2.45) is 0 Å². The van der Waals surface area contributed by atoms with Crippen molar-refractivity contribution in [3.63, 3.8) is 0 Å². The lowest BCUT2D eigenvalue weighted by atomic mass is 9.97. The highest BCUT2D eigenvalue weighted by Crippen LogP contribution is 2.25. The van der Waals surface area contributed by atoms with Gasteiger partial charge in [0.1, 0.15) is 5.75 Å². The Kier molecular flexibility index (Phi) is 7.10. The van der Waals surface area contributed by atoms with Crippen LogP contribution in [0.1, 0.15) is 57.3 Å². The highest BCUT2D eigenvalue weighted by atomic mass is 16.5. The Labute approximate surface area is 183 Å². The number of amides is 1. The van der Waals surface area contributed by atoms with Crippen LogP contribution in [0.3, 0.4) is 0 Å². The van der Waals surface area contributed by atoms with E-state index in [9.17, 15) is 14.4 Å². The summed E-state index contributed by atoms with van der Waals surface area (Å²) in [6.45, 7) is 7.07. The monoisotopic (exact) mass is 423 g/mol. The number of benzene rings is 2. The van der Waals surface area contributed by atoms with Gasteiger partial charge in [-0.05, 0) is 75.4 Å². The van der Waals surface area contributed by atoms with E-state index >= 15 is 0 Å². The number of esters is 2. The molecule has 0 aliphatic carbocycles. The zero-order valence-electron chi connectivity index (χ0n) is 18.5. The second kappa shape index (κ2) is 9.77. The van der Waals surface area contributed by atoms with Crippen molar-refractivity contribution in [1.82, 2.24) is 4.90 Å². The number of likely N-dealkylation sites (tertiary alicyclic amines) is 1. The predicted molar refractivity (Wildman–Crippen MR) is 118 cm³/mol. The first-order valence-corrected chi connectivity index (χ1v) is 10.7. The lowest BCUT2D eigenvalue weighted by Crippen LogP contribution is -2.51. The van der Waals surface area contributed by atoms with Crippen molar-refractivity contribution in [3.05, 3.63) is 54.1 Å². The number of hydrogen-bond acceptors (Lipinski definition) is 5. The minimum atomic E-state index is -0.830. The molecule has 0 spiro atoms. The van der Waals surface area contributed by atoms with E-state index in [1.807, 2.05) is 43.0 Å². The van der Waals surface area contributed by atoms with Crippen molar-refractivity contribution in [2.75, 3.05) is 0 Å². The zero-order chi connectivity index (χ0) is 22.5. The SMILES string of the molecule is CC(=O)Oc1ccc(-c2ccc(C(=O)O[C@H](C)C(=O)N3[C@H](C)CCC[C@@H]3C)cc2)cc1. The molecular formula is C25H29NO5. The van der Waals surface area contributed by atoms with Gasteiger partial charge in [-0.25, -0.2) is 4.79 Å². The van der Waals surface area contributed by atoms with E-state index in [-0.39, 0.29) is 24.0 Å². The molecule has 164 valence electrons. The number of ether oxygens (including phenoxy) is 2. The van der Waals surface area contributed by atoms with Crippen LogP contribution in [0.15, 0.2) is 48.5 Å². The number of carbonyl (C=O) groups excluding carboxylic acids is 3. The molecule has 0 unspecified atom stereocenters. The van der Waals surface area contributed by atoms with Gasteiger partial charge in [-0.1, -0.05) is 24.3 Å². The van der Waals surface area contributed by atoms with E-state index in [1.165, 1.54) is 6.92 Å².